The van der Waals surface area contributed by atoms with Crippen molar-refractivity contribution >= 4 is 22.8 Å². The van der Waals surface area contributed by atoms with E-state index in [0.29, 0.717) is 24.5 Å². The lowest BCUT2D eigenvalue weighted by molar-refractivity contribution is -0.116. The van der Waals surface area contributed by atoms with Gasteiger partial charge in [0.25, 0.3) is 5.56 Å². The highest BCUT2D eigenvalue weighted by atomic mass is 16.5. The average Bonchev–Trinajstić information content (AvgIpc) is 3.07. The highest BCUT2D eigenvalue weighted by Crippen LogP contribution is 2.25. The monoisotopic (exact) mass is 387 g/mol. The summed E-state index contributed by atoms with van der Waals surface area (Å²) in [7, 11) is 1.49. The maximum absolute atomic E-state index is 13.1. The molecule has 0 saturated carbocycles. The number of carbonyl (C=O) groups is 1. The Morgan fingerprint density at radius 2 is 2.07 bits per heavy atom. The Labute approximate surface area is 159 Å². The Balaban J connectivity index is 2.12. The van der Waals surface area contributed by atoms with Crippen LogP contribution in [-0.4, -0.2) is 31.8 Å². The molecule has 0 bridgehead atoms. The second-order valence-electron chi connectivity index (χ2n) is 6.20. The SMILES string of the molecule is CCOc1c(CC)cnc2c1c(=O)n(CC(=O)Nc1cc(C)on1)c(=O)n2C. The number of nitrogens with zero attached hydrogens (tertiary/aromatic N) is 4. The van der Waals surface area contributed by atoms with Crippen LogP contribution in [0.4, 0.5) is 5.82 Å². The maximum Gasteiger partial charge on any atom is 0.332 e. The Kier molecular flexibility index (Phi) is 5.30. The summed E-state index contributed by atoms with van der Waals surface area (Å²) in [4.78, 5) is 42.3. The summed E-state index contributed by atoms with van der Waals surface area (Å²) in [6.07, 6.45) is 2.20. The molecule has 1 N–H and O–H groups in total. The van der Waals surface area contributed by atoms with E-state index in [1.807, 2.05) is 6.92 Å². The molecule has 3 heterocycles. The van der Waals surface area contributed by atoms with Gasteiger partial charge in [-0.15, -0.1) is 0 Å². The predicted molar refractivity (Wildman–Crippen MR) is 102 cm³/mol. The Morgan fingerprint density at radius 3 is 2.68 bits per heavy atom. The Morgan fingerprint density at radius 1 is 1.32 bits per heavy atom. The summed E-state index contributed by atoms with van der Waals surface area (Å²) in [5.74, 6) is 0.535. The van der Waals surface area contributed by atoms with Crippen LogP contribution in [0.15, 0.2) is 26.4 Å². The molecule has 10 heteroatoms. The zero-order valence-electron chi connectivity index (χ0n) is 16.1. The number of aromatic nitrogens is 4. The summed E-state index contributed by atoms with van der Waals surface area (Å²) in [5, 5.41) is 6.33. The van der Waals surface area contributed by atoms with Crippen LogP contribution < -0.4 is 21.3 Å². The molecule has 10 nitrogen and oxygen atoms in total. The molecule has 0 unspecified atom stereocenters. The lowest BCUT2D eigenvalue weighted by Gasteiger charge is -2.15. The van der Waals surface area contributed by atoms with Gasteiger partial charge in [-0.3, -0.25) is 14.2 Å². The van der Waals surface area contributed by atoms with E-state index < -0.39 is 23.7 Å². The van der Waals surface area contributed by atoms with Crippen molar-refractivity contribution in [1.29, 1.82) is 0 Å². The van der Waals surface area contributed by atoms with E-state index in [1.165, 1.54) is 17.7 Å². The van der Waals surface area contributed by atoms with E-state index in [2.05, 4.69) is 15.5 Å². The fraction of sp³-hybridized carbons (Fsp3) is 0.389. The quantitative estimate of drug-likeness (QED) is 0.669. The van der Waals surface area contributed by atoms with Gasteiger partial charge < -0.3 is 14.6 Å². The van der Waals surface area contributed by atoms with Crippen LogP contribution in [0.5, 0.6) is 5.75 Å². The van der Waals surface area contributed by atoms with E-state index in [0.717, 1.165) is 10.1 Å². The van der Waals surface area contributed by atoms with Crippen molar-refractivity contribution in [2.45, 2.75) is 33.7 Å². The number of fused-ring (bicyclic) bond motifs is 1. The van der Waals surface area contributed by atoms with E-state index >= 15 is 0 Å². The number of pyridine rings is 1. The number of anilines is 1. The van der Waals surface area contributed by atoms with Crippen molar-refractivity contribution in [1.82, 2.24) is 19.3 Å². The van der Waals surface area contributed by atoms with Crippen molar-refractivity contribution in [2.75, 3.05) is 11.9 Å². The van der Waals surface area contributed by atoms with Gasteiger partial charge in [-0.25, -0.2) is 14.3 Å². The van der Waals surface area contributed by atoms with Crippen molar-refractivity contribution in [3.63, 3.8) is 0 Å². The van der Waals surface area contributed by atoms with Crippen LogP contribution in [0.3, 0.4) is 0 Å². The molecule has 1 amide bonds. The smallest absolute Gasteiger partial charge is 0.332 e. The van der Waals surface area contributed by atoms with Gasteiger partial charge in [0.1, 0.15) is 23.4 Å². The lowest BCUT2D eigenvalue weighted by atomic mass is 10.1. The molecule has 0 saturated heterocycles. The largest absolute Gasteiger partial charge is 0.493 e. The summed E-state index contributed by atoms with van der Waals surface area (Å²) in [5.41, 5.74) is -0.322. The minimum absolute atomic E-state index is 0.174. The van der Waals surface area contributed by atoms with Gasteiger partial charge >= 0.3 is 5.69 Å². The summed E-state index contributed by atoms with van der Waals surface area (Å²) >= 11 is 0. The average molecular weight is 387 g/mol. The zero-order chi connectivity index (χ0) is 20.4. The molecule has 28 heavy (non-hydrogen) atoms. The third kappa shape index (κ3) is 3.40. The zero-order valence-corrected chi connectivity index (χ0v) is 16.1. The molecule has 3 aromatic rings. The number of nitrogens with one attached hydrogen (secondary N) is 1. The first-order chi connectivity index (χ1) is 13.4. The van der Waals surface area contributed by atoms with Crippen molar-refractivity contribution in [2.24, 2.45) is 7.05 Å². The van der Waals surface area contributed by atoms with Crippen LogP contribution in [0.25, 0.3) is 11.0 Å². The summed E-state index contributed by atoms with van der Waals surface area (Å²) < 4.78 is 12.7. The van der Waals surface area contributed by atoms with Crippen LogP contribution in [0.2, 0.25) is 0 Å². The molecule has 0 fully saturated rings. The van der Waals surface area contributed by atoms with E-state index in [9.17, 15) is 14.4 Å². The fourth-order valence-electron chi connectivity index (χ4n) is 2.92. The molecule has 0 radical (unpaired) electrons. The maximum atomic E-state index is 13.1. The third-order valence-corrected chi connectivity index (χ3v) is 4.25. The van der Waals surface area contributed by atoms with Crippen LogP contribution >= 0.6 is 0 Å². The molecule has 0 aliphatic heterocycles. The van der Waals surface area contributed by atoms with Crippen molar-refractivity contribution in [3.8, 4) is 5.75 Å². The van der Waals surface area contributed by atoms with Gasteiger partial charge in [-0.2, -0.15) is 0 Å². The second kappa shape index (κ2) is 7.67. The second-order valence-corrected chi connectivity index (χ2v) is 6.20. The molecular weight excluding hydrogens is 366 g/mol. The van der Waals surface area contributed by atoms with Gasteiger partial charge in [0.05, 0.1) is 6.61 Å². The molecule has 0 atom stereocenters. The van der Waals surface area contributed by atoms with Gasteiger partial charge in [0.15, 0.2) is 11.5 Å². The van der Waals surface area contributed by atoms with Crippen molar-refractivity contribution in [3.05, 3.63) is 44.4 Å². The molecule has 0 aromatic carbocycles. The third-order valence-electron chi connectivity index (χ3n) is 4.25. The molecule has 3 rings (SSSR count). The molecule has 0 aliphatic carbocycles. The van der Waals surface area contributed by atoms with E-state index in [1.54, 1.807) is 20.0 Å². The number of carbonyl (C=O) groups excluding carboxylic acids is 1. The lowest BCUT2D eigenvalue weighted by Crippen LogP contribution is -2.42. The predicted octanol–water partition coefficient (Wildman–Crippen LogP) is 0.991. The van der Waals surface area contributed by atoms with E-state index in [4.69, 9.17) is 9.26 Å². The first kappa shape index (κ1) is 19.3. The number of rotatable bonds is 6. The topological polar surface area (TPSA) is 121 Å². The van der Waals surface area contributed by atoms with Crippen LogP contribution in [0.1, 0.15) is 25.2 Å². The Bertz CT molecular complexity index is 1160. The standard InChI is InChI=1S/C18H21N5O5/c1-5-11-8-19-16-14(15(11)27-6-2)17(25)23(18(26)22(16)4)9-13(24)20-12-7-10(3)28-21-12/h7-8H,5-6,9H2,1-4H3,(H,20,21,24). The van der Waals surface area contributed by atoms with Gasteiger partial charge in [-0.1, -0.05) is 12.1 Å². The van der Waals surface area contributed by atoms with E-state index in [-0.39, 0.29) is 16.9 Å². The fourth-order valence-corrected chi connectivity index (χ4v) is 2.92. The van der Waals surface area contributed by atoms with Gasteiger partial charge in [0, 0.05) is 24.9 Å². The normalized spacial score (nSPS) is 11.0. The first-order valence-electron chi connectivity index (χ1n) is 8.84. The van der Waals surface area contributed by atoms with Crippen molar-refractivity contribution < 1.29 is 14.1 Å². The minimum Gasteiger partial charge on any atom is -0.493 e. The van der Waals surface area contributed by atoms with Crippen LogP contribution in [-0.2, 0) is 24.8 Å². The Hall–Kier alpha value is -3.43. The minimum atomic E-state index is -0.650. The number of hydrogen-bond donors (Lipinski definition) is 1. The van der Waals surface area contributed by atoms with Gasteiger partial charge in [-0.05, 0) is 20.3 Å². The molecule has 3 aromatic heterocycles. The highest BCUT2D eigenvalue weighted by Gasteiger charge is 2.20. The number of ether oxygens (including phenoxy) is 1. The summed E-state index contributed by atoms with van der Waals surface area (Å²) in [6, 6.07) is 1.53. The molecule has 148 valence electrons. The molecular formula is C18H21N5O5. The highest BCUT2D eigenvalue weighted by molar-refractivity contribution is 5.90. The summed E-state index contributed by atoms with van der Waals surface area (Å²) in [6.45, 7) is 5.27. The number of aryl methyl sites for hydroxylation is 3. The molecule has 0 spiro atoms. The number of hydrogen-bond acceptors (Lipinski definition) is 7. The number of amides is 1. The van der Waals surface area contributed by atoms with Crippen LogP contribution in [0, 0.1) is 6.92 Å². The molecule has 0 aliphatic rings. The van der Waals surface area contributed by atoms with Gasteiger partial charge in [0.2, 0.25) is 5.91 Å². The first-order valence-corrected chi connectivity index (χ1v) is 8.84.